The maximum atomic E-state index is 12.8. The Morgan fingerprint density at radius 1 is 1.24 bits per heavy atom. The Balaban J connectivity index is 1.62. The van der Waals surface area contributed by atoms with Crippen molar-refractivity contribution in [2.75, 3.05) is 19.1 Å². The van der Waals surface area contributed by atoms with Crippen LogP contribution in [0.1, 0.15) is 20.6 Å². The van der Waals surface area contributed by atoms with Crippen molar-refractivity contribution in [1.29, 1.82) is 0 Å². The molecule has 2 aliphatic heterocycles. The molecule has 1 atom stereocenters. The minimum atomic E-state index is 0.0525. The van der Waals surface area contributed by atoms with Gasteiger partial charge in [-0.05, 0) is 29.6 Å². The van der Waals surface area contributed by atoms with Gasteiger partial charge in [-0.1, -0.05) is 6.07 Å². The van der Waals surface area contributed by atoms with Crippen LogP contribution in [0.3, 0.4) is 0 Å². The molecule has 1 saturated heterocycles. The molecule has 6 heteroatoms. The lowest BCUT2D eigenvalue weighted by Crippen LogP contribution is -2.30. The molecule has 0 saturated carbocycles. The predicted molar refractivity (Wildman–Crippen MR) is 83.1 cm³/mol. The normalized spacial score (nSPS) is 20.0. The number of ether oxygens (including phenoxy) is 2. The topological polar surface area (TPSA) is 38.8 Å². The predicted octanol–water partition coefficient (Wildman–Crippen LogP) is 3.36. The van der Waals surface area contributed by atoms with E-state index in [0.29, 0.717) is 17.1 Å². The van der Waals surface area contributed by atoms with Crippen LogP contribution in [0, 0.1) is 0 Å². The second-order valence-corrected chi connectivity index (χ2v) is 6.97. The van der Waals surface area contributed by atoms with E-state index < -0.39 is 0 Å². The first-order chi connectivity index (χ1) is 10.3. The SMILES string of the molecule is O=C(c1ccc2c(c1)OCO2)N1CCS[C@@H]1c1cccs1. The summed E-state index contributed by atoms with van der Waals surface area (Å²) in [5.41, 5.74) is 0.656. The monoisotopic (exact) mass is 319 g/mol. The second-order valence-electron chi connectivity index (χ2n) is 4.81. The third kappa shape index (κ3) is 2.28. The maximum Gasteiger partial charge on any atom is 0.255 e. The Hall–Kier alpha value is -1.66. The Morgan fingerprint density at radius 2 is 2.14 bits per heavy atom. The first-order valence-electron chi connectivity index (χ1n) is 6.68. The molecule has 0 unspecified atom stereocenters. The number of carbonyl (C=O) groups excluding carboxylic acids is 1. The number of hydrogen-bond donors (Lipinski definition) is 0. The van der Waals surface area contributed by atoms with E-state index in [2.05, 4.69) is 11.4 Å². The zero-order valence-corrected chi connectivity index (χ0v) is 12.8. The highest BCUT2D eigenvalue weighted by Crippen LogP contribution is 2.41. The lowest BCUT2D eigenvalue weighted by atomic mass is 10.1. The van der Waals surface area contributed by atoms with Gasteiger partial charge in [-0.15, -0.1) is 23.1 Å². The lowest BCUT2D eigenvalue weighted by Gasteiger charge is -2.23. The number of amides is 1. The molecular weight excluding hydrogens is 306 g/mol. The van der Waals surface area contributed by atoms with E-state index in [9.17, 15) is 4.79 Å². The van der Waals surface area contributed by atoms with Gasteiger partial charge in [0, 0.05) is 22.7 Å². The van der Waals surface area contributed by atoms with Crippen molar-refractivity contribution in [1.82, 2.24) is 4.90 Å². The summed E-state index contributed by atoms with van der Waals surface area (Å²) in [5.74, 6) is 2.38. The summed E-state index contributed by atoms with van der Waals surface area (Å²) in [6, 6.07) is 9.51. The second kappa shape index (κ2) is 5.27. The van der Waals surface area contributed by atoms with Crippen molar-refractivity contribution in [3.05, 3.63) is 46.2 Å². The quantitative estimate of drug-likeness (QED) is 0.851. The van der Waals surface area contributed by atoms with Gasteiger partial charge in [0.15, 0.2) is 11.5 Å². The molecule has 0 radical (unpaired) electrons. The average Bonchev–Trinajstić information content (AvgIpc) is 3.24. The number of hydrogen-bond acceptors (Lipinski definition) is 5. The fourth-order valence-electron chi connectivity index (χ4n) is 2.54. The van der Waals surface area contributed by atoms with Gasteiger partial charge in [-0.25, -0.2) is 0 Å². The zero-order valence-electron chi connectivity index (χ0n) is 11.2. The highest BCUT2D eigenvalue weighted by Gasteiger charge is 2.32. The molecular formula is C15H13NO3S2. The van der Waals surface area contributed by atoms with E-state index in [1.165, 1.54) is 4.88 Å². The van der Waals surface area contributed by atoms with Crippen LogP contribution in [0.15, 0.2) is 35.7 Å². The van der Waals surface area contributed by atoms with E-state index >= 15 is 0 Å². The molecule has 1 fully saturated rings. The summed E-state index contributed by atoms with van der Waals surface area (Å²) >= 11 is 3.51. The summed E-state index contributed by atoms with van der Waals surface area (Å²) in [7, 11) is 0. The van der Waals surface area contributed by atoms with Crippen LogP contribution in [0.5, 0.6) is 11.5 Å². The van der Waals surface area contributed by atoms with Gasteiger partial charge in [0.25, 0.3) is 5.91 Å². The molecule has 3 heterocycles. The summed E-state index contributed by atoms with van der Waals surface area (Å²) in [5, 5.41) is 2.18. The van der Waals surface area contributed by atoms with Crippen LogP contribution in [0.2, 0.25) is 0 Å². The molecule has 1 aromatic carbocycles. The van der Waals surface area contributed by atoms with Gasteiger partial charge in [0.2, 0.25) is 6.79 Å². The van der Waals surface area contributed by atoms with Gasteiger partial charge in [-0.3, -0.25) is 4.79 Å². The van der Waals surface area contributed by atoms with Gasteiger partial charge in [-0.2, -0.15) is 0 Å². The van der Waals surface area contributed by atoms with Gasteiger partial charge >= 0.3 is 0 Å². The minimum absolute atomic E-state index is 0.0525. The molecule has 2 aliphatic rings. The number of benzene rings is 1. The number of carbonyl (C=O) groups is 1. The van der Waals surface area contributed by atoms with E-state index in [-0.39, 0.29) is 18.1 Å². The molecule has 1 aromatic heterocycles. The largest absolute Gasteiger partial charge is 0.454 e. The number of thiophene rings is 1. The highest BCUT2D eigenvalue weighted by molar-refractivity contribution is 7.99. The van der Waals surface area contributed by atoms with Crippen LogP contribution in [0.4, 0.5) is 0 Å². The smallest absolute Gasteiger partial charge is 0.255 e. The van der Waals surface area contributed by atoms with Gasteiger partial charge < -0.3 is 14.4 Å². The van der Waals surface area contributed by atoms with Crippen LogP contribution >= 0.6 is 23.1 Å². The summed E-state index contributed by atoms with van der Waals surface area (Å²) in [6.07, 6.45) is 0. The van der Waals surface area contributed by atoms with Crippen LogP contribution < -0.4 is 9.47 Å². The summed E-state index contributed by atoms with van der Waals surface area (Å²) in [4.78, 5) is 15.9. The molecule has 21 heavy (non-hydrogen) atoms. The van der Waals surface area contributed by atoms with E-state index in [1.807, 2.05) is 28.8 Å². The fourth-order valence-corrected chi connectivity index (χ4v) is 4.78. The first-order valence-corrected chi connectivity index (χ1v) is 8.61. The lowest BCUT2D eigenvalue weighted by molar-refractivity contribution is 0.0761. The molecule has 108 valence electrons. The number of nitrogens with zero attached hydrogens (tertiary/aromatic N) is 1. The molecule has 4 rings (SSSR count). The van der Waals surface area contributed by atoms with E-state index in [0.717, 1.165) is 12.3 Å². The minimum Gasteiger partial charge on any atom is -0.454 e. The molecule has 0 bridgehead atoms. The summed E-state index contributed by atoms with van der Waals surface area (Å²) < 4.78 is 10.6. The van der Waals surface area contributed by atoms with Crippen LogP contribution in [-0.2, 0) is 0 Å². The Labute approximate surface area is 130 Å². The van der Waals surface area contributed by atoms with Gasteiger partial charge in [0.1, 0.15) is 5.37 Å². The van der Waals surface area contributed by atoms with Crippen molar-refractivity contribution in [3.8, 4) is 11.5 Å². The molecule has 1 amide bonds. The number of rotatable bonds is 2. The van der Waals surface area contributed by atoms with Gasteiger partial charge in [0.05, 0.1) is 0 Å². The Kier molecular flexibility index (Phi) is 3.27. The van der Waals surface area contributed by atoms with Crippen molar-refractivity contribution < 1.29 is 14.3 Å². The molecule has 4 nitrogen and oxygen atoms in total. The van der Waals surface area contributed by atoms with Crippen molar-refractivity contribution in [2.45, 2.75) is 5.37 Å². The average molecular weight is 319 g/mol. The molecule has 0 N–H and O–H groups in total. The maximum absolute atomic E-state index is 12.8. The van der Waals surface area contributed by atoms with E-state index in [4.69, 9.17) is 9.47 Å². The standard InChI is InChI=1S/C15H13NO3S2/c17-14(10-3-4-11-12(8-10)19-9-18-11)16-5-7-21-15(16)13-2-1-6-20-13/h1-4,6,8,15H,5,7,9H2/t15-/m1/s1. The molecule has 0 spiro atoms. The molecule has 0 aliphatic carbocycles. The zero-order chi connectivity index (χ0) is 14.2. The fraction of sp³-hybridized carbons (Fsp3) is 0.267. The third-order valence-corrected chi connectivity index (χ3v) is 5.87. The number of thioether (sulfide) groups is 1. The van der Waals surface area contributed by atoms with Crippen molar-refractivity contribution in [3.63, 3.8) is 0 Å². The number of fused-ring (bicyclic) bond motifs is 1. The Bertz CT molecular complexity index is 672. The van der Waals surface area contributed by atoms with Crippen LogP contribution in [-0.4, -0.2) is 29.9 Å². The third-order valence-electron chi connectivity index (χ3n) is 3.56. The first kappa shape index (κ1) is 13.0. The van der Waals surface area contributed by atoms with Crippen molar-refractivity contribution in [2.24, 2.45) is 0 Å². The van der Waals surface area contributed by atoms with Crippen LogP contribution in [0.25, 0.3) is 0 Å². The van der Waals surface area contributed by atoms with E-state index in [1.54, 1.807) is 23.5 Å². The molecule has 2 aromatic rings. The summed E-state index contributed by atoms with van der Waals surface area (Å²) in [6.45, 7) is 1.00. The van der Waals surface area contributed by atoms with Crippen molar-refractivity contribution >= 4 is 29.0 Å². The Morgan fingerprint density at radius 3 is 3.00 bits per heavy atom. The highest BCUT2D eigenvalue weighted by atomic mass is 32.2.